The fourth-order valence-corrected chi connectivity index (χ4v) is 5.15. The summed E-state index contributed by atoms with van der Waals surface area (Å²) in [6, 6.07) is 8.59. The lowest BCUT2D eigenvalue weighted by molar-refractivity contribution is 0.700. The number of nitrogens with zero attached hydrogens (tertiary/aromatic N) is 2. The van der Waals surface area contributed by atoms with Gasteiger partial charge in [-0.3, -0.25) is 0 Å². The number of aryl methyl sites for hydroxylation is 2. The normalized spacial score (nSPS) is 14.1. The first-order valence-electron chi connectivity index (χ1n) is 10.6. The van der Waals surface area contributed by atoms with Crippen molar-refractivity contribution in [1.82, 2.24) is 9.97 Å². The molecule has 0 radical (unpaired) electrons. The molecule has 4 rings (SSSR count). The molecule has 0 aliphatic heterocycles. The van der Waals surface area contributed by atoms with Gasteiger partial charge in [-0.2, -0.15) is 0 Å². The average molecular weight is 417 g/mol. The molecule has 0 unspecified atom stereocenters. The van der Waals surface area contributed by atoms with Crippen LogP contribution in [0.3, 0.4) is 0 Å². The Kier molecular flexibility index (Phi) is 6.60. The van der Waals surface area contributed by atoms with Crippen LogP contribution in [0.5, 0.6) is 0 Å². The van der Waals surface area contributed by atoms with Gasteiger partial charge < -0.3 is 10.6 Å². The van der Waals surface area contributed by atoms with Crippen LogP contribution < -0.4 is 10.6 Å². The number of fused-ring (bicyclic) bond motifs is 3. The third-order valence-electron chi connectivity index (χ3n) is 5.34. The summed E-state index contributed by atoms with van der Waals surface area (Å²) in [5, 5.41) is 8.22. The zero-order valence-electron chi connectivity index (χ0n) is 17.4. The first-order chi connectivity index (χ1) is 14.8. The van der Waals surface area contributed by atoms with Gasteiger partial charge in [-0.25, -0.2) is 9.97 Å². The predicted octanol–water partition coefficient (Wildman–Crippen LogP) is 6.28. The van der Waals surface area contributed by atoms with Crippen molar-refractivity contribution in [3.8, 4) is 0 Å². The van der Waals surface area contributed by atoms with Crippen molar-refractivity contribution in [3.05, 3.63) is 83.2 Å². The van der Waals surface area contributed by atoms with Crippen LogP contribution in [0.25, 0.3) is 10.2 Å². The van der Waals surface area contributed by atoms with E-state index < -0.39 is 0 Å². The van der Waals surface area contributed by atoms with Gasteiger partial charge in [0.15, 0.2) is 0 Å². The fraction of sp³-hybridized carbons (Fsp3) is 0.280. The van der Waals surface area contributed by atoms with Gasteiger partial charge in [0.1, 0.15) is 17.0 Å². The first kappa shape index (κ1) is 20.4. The number of hydrogen-bond donors (Lipinski definition) is 2. The molecule has 0 bridgehead atoms. The summed E-state index contributed by atoms with van der Waals surface area (Å²) in [5.74, 6) is 0.989. The van der Waals surface area contributed by atoms with Gasteiger partial charge in [0.25, 0.3) is 0 Å². The van der Waals surface area contributed by atoms with Crippen LogP contribution in [0.2, 0.25) is 0 Å². The van der Waals surface area contributed by atoms with E-state index in [0.717, 1.165) is 41.4 Å². The second-order valence-corrected chi connectivity index (χ2v) is 8.55. The standard InChI is InChI=1S/C25H28N4S/c1-3-7-19(8-4-2)29-20-13-11-18(12-14-20)15-16-26-24-23-21-9-5-6-10-22(21)30-25(23)28-17-27-24/h3-4,7-8,11-14,17,29H,1,5-6,9-10,15-16H2,2H3,(H,26,27,28)/b8-4-,19-7+. The molecule has 2 heterocycles. The van der Waals surface area contributed by atoms with Crippen LogP contribution in [-0.2, 0) is 19.3 Å². The van der Waals surface area contributed by atoms with Crippen LogP contribution in [-0.4, -0.2) is 16.5 Å². The minimum Gasteiger partial charge on any atom is -0.369 e. The molecule has 0 amide bonds. The summed E-state index contributed by atoms with van der Waals surface area (Å²) < 4.78 is 0. The number of rotatable bonds is 8. The van der Waals surface area contributed by atoms with E-state index in [2.05, 4.69) is 51.4 Å². The van der Waals surface area contributed by atoms with E-state index >= 15 is 0 Å². The Morgan fingerprint density at radius 2 is 2.00 bits per heavy atom. The smallest absolute Gasteiger partial charge is 0.138 e. The zero-order valence-corrected chi connectivity index (χ0v) is 18.3. The Morgan fingerprint density at radius 3 is 2.80 bits per heavy atom. The van der Waals surface area contributed by atoms with Crippen molar-refractivity contribution < 1.29 is 0 Å². The highest BCUT2D eigenvalue weighted by molar-refractivity contribution is 7.19. The highest BCUT2D eigenvalue weighted by Crippen LogP contribution is 2.38. The molecule has 1 aromatic carbocycles. The maximum absolute atomic E-state index is 4.55. The Balaban J connectivity index is 1.40. The van der Waals surface area contributed by atoms with Gasteiger partial charge in [0.2, 0.25) is 0 Å². The second-order valence-electron chi connectivity index (χ2n) is 7.47. The lowest BCUT2D eigenvalue weighted by Gasteiger charge is -2.12. The molecule has 0 fully saturated rings. The molecular formula is C25H28N4S. The van der Waals surface area contributed by atoms with Crippen molar-refractivity contribution in [2.24, 2.45) is 0 Å². The van der Waals surface area contributed by atoms with Gasteiger partial charge in [0.05, 0.1) is 5.39 Å². The number of thiophene rings is 1. The topological polar surface area (TPSA) is 49.8 Å². The molecule has 3 aromatic rings. The van der Waals surface area contributed by atoms with Crippen molar-refractivity contribution in [2.75, 3.05) is 17.2 Å². The molecule has 30 heavy (non-hydrogen) atoms. The largest absolute Gasteiger partial charge is 0.369 e. The molecule has 2 aromatic heterocycles. The molecule has 1 aliphatic carbocycles. The number of allylic oxidation sites excluding steroid dienone is 4. The summed E-state index contributed by atoms with van der Waals surface area (Å²) >= 11 is 1.84. The van der Waals surface area contributed by atoms with E-state index in [1.807, 2.05) is 36.5 Å². The van der Waals surface area contributed by atoms with Crippen molar-refractivity contribution in [1.29, 1.82) is 0 Å². The van der Waals surface area contributed by atoms with Gasteiger partial charge in [-0.05, 0) is 74.4 Å². The summed E-state index contributed by atoms with van der Waals surface area (Å²) in [7, 11) is 0. The highest BCUT2D eigenvalue weighted by atomic mass is 32.1. The third kappa shape index (κ3) is 4.62. The number of nitrogens with one attached hydrogen (secondary N) is 2. The molecule has 0 saturated heterocycles. The number of benzene rings is 1. The van der Waals surface area contributed by atoms with Crippen LogP contribution in [0, 0.1) is 0 Å². The lowest BCUT2D eigenvalue weighted by atomic mass is 9.97. The van der Waals surface area contributed by atoms with Crippen LogP contribution >= 0.6 is 11.3 Å². The summed E-state index contributed by atoms with van der Waals surface area (Å²) in [6.45, 7) is 6.63. The zero-order chi connectivity index (χ0) is 20.8. The minimum atomic E-state index is 0.851. The van der Waals surface area contributed by atoms with Crippen molar-refractivity contribution >= 4 is 33.1 Å². The Hall–Kier alpha value is -2.92. The van der Waals surface area contributed by atoms with Gasteiger partial charge in [-0.15, -0.1) is 11.3 Å². The second kappa shape index (κ2) is 9.72. The number of aromatic nitrogens is 2. The lowest BCUT2D eigenvalue weighted by Crippen LogP contribution is -2.08. The Bertz CT molecular complexity index is 1080. The summed E-state index contributed by atoms with van der Waals surface area (Å²) in [5.41, 5.74) is 4.87. The van der Waals surface area contributed by atoms with Gasteiger partial charge in [-0.1, -0.05) is 30.9 Å². The fourth-order valence-electron chi connectivity index (χ4n) is 3.92. The molecule has 5 heteroatoms. The van der Waals surface area contributed by atoms with Crippen LogP contribution in [0.1, 0.15) is 35.8 Å². The van der Waals surface area contributed by atoms with Crippen molar-refractivity contribution in [2.45, 2.75) is 39.0 Å². The van der Waals surface area contributed by atoms with Gasteiger partial charge >= 0.3 is 0 Å². The summed E-state index contributed by atoms with van der Waals surface area (Å²) in [6.07, 6.45) is 15.3. The monoisotopic (exact) mass is 416 g/mol. The Labute approximate surface area is 182 Å². The maximum Gasteiger partial charge on any atom is 0.138 e. The molecule has 0 saturated carbocycles. The maximum atomic E-state index is 4.55. The molecule has 1 aliphatic rings. The molecule has 0 spiro atoms. The SMILES string of the molecule is C=C/C=C(\C=C/C)Nc1ccc(CCNc2ncnc3sc4c(c23)CCCC4)cc1. The molecule has 154 valence electrons. The predicted molar refractivity (Wildman–Crippen MR) is 129 cm³/mol. The van der Waals surface area contributed by atoms with E-state index in [4.69, 9.17) is 0 Å². The van der Waals surface area contributed by atoms with Crippen LogP contribution in [0.15, 0.2) is 67.2 Å². The molecule has 2 N–H and O–H groups in total. The number of anilines is 2. The van der Waals surface area contributed by atoms with E-state index in [0.29, 0.717) is 0 Å². The van der Waals surface area contributed by atoms with E-state index in [1.165, 1.54) is 40.7 Å². The summed E-state index contributed by atoms with van der Waals surface area (Å²) in [4.78, 5) is 11.7. The van der Waals surface area contributed by atoms with E-state index in [9.17, 15) is 0 Å². The van der Waals surface area contributed by atoms with Crippen molar-refractivity contribution in [3.63, 3.8) is 0 Å². The Morgan fingerprint density at radius 1 is 1.17 bits per heavy atom. The average Bonchev–Trinajstić information content (AvgIpc) is 3.15. The minimum absolute atomic E-state index is 0.851. The highest BCUT2D eigenvalue weighted by Gasteiger charge is 2.19. The van der Waals surface area contributed by atoms with Gasteiger partial charge in [0, 0.05) is 22.8 Å². The molecule has 4 nitrogen and oxygen atoms in total. The number of hydrogen-bond acceptors (Lipinski definition) is 5. The third-order valence-corrected chi connectivity index (χ3v) is 6.54. The quantitative estimate of drug-likeness (QED) is 0.424. The van der Waals surface area contributed by atoms with E-state index in [1.54, 1.807) is 12.4 Å². The molecular weight excluding hydrogens is 388 g/mol. The first-order valence-corrected chi connectivity index (χ1v) is 11.4. The molecule has 0 atom stereocenters. The van der Waals surface area contributed by atoms with Crippen LogP contribution in [0.4, 0.5) is 11.5 Å². The van der Waals surface area contributed by atoms with E-state index in [-0.39, 0.29) is 0 Å².